The van der Waals surface area contributed by atoms with E-state index in [1.165, 1.54) is 11.1 Å². The second-order valence-electron chi connectivity index (χ2n) is 7.21. The van der Waals surface area contributed by atoms with Crippen LogP contribution in [0.1, 0.15) is 54.5 Å². The van der Waals surface area contributed by atoms with Crippen LogP contribution in [0.15, 0.2) is 24.3 Å². The van der Waals surface area contributed by atoms with Gasteiger partial charge in [-0.2, -0.15) is 0 Å². The Morgan fingerprint density at radius 1 is 1.11 bits per heavy atom. The summed E-state index contributed by atoms with van der Waals surface area (Å²) >= 11 is 0. The fourth-order valence-electron chi connectivity index (χ4n) is 3.52. The highest BCUT2D eigenvalue weighted by atomic mass is 16.2. The van der Waals surface area contributed by atoms with Gasteiger partial charge in [0.05, 0.1) is 0 Å². The first-order valence-corrected chi connectivity index (χ1v) is 10.1. The van der Waals surface area contributed by atoms with Gasteiger partial charge >= 0.3 is 0 Å². The van der Waals surface area contributed by atoms with Crippen LogP contribution in [0.3, 0.4) is 0 Å². The third-order valence-corrected chi connectivity index (χ3v) is 5.06. The van der Waals surface area contributed by atoms with E-state index >= 15 is 0 Å². The number of amides is 2. The maximum atomic E-state index is 12.0. The van der Waals surface area contributed by atoms with Crippen LogP contribution in [0.25, 0.3) is 0 Å². The lowest BCUT2D eigenvalue weighted by atomic mass is 10.1. The van der Waals surface area contributed by atoms with Crippen molar-refractivity contribution < 1.29 is 9.59 Å². The number of rotatable bonds is 8. The number of nitrogens with one attached hydrogen (secondary N) is 2. The molecule has 1 aliphatic carbocycles. The first kappa shape index (κ1) is 20.0. The summed E-state index contributed by atoms with van der Waals surface area (Å²) in [5, 5.41) is 5.70. The highest BCUT2D eigenvalue weighted by Crippen LogP contribution is 2.22. The molecule has 0 spiro atoms. The second-order valence-corrected chi connectivity index (χ2v) is 7.21. The molecule has 0 atom stereocenters. The molecule has 0 aliphatic heterocycles. The zero-order valence-electron chi connectivity index (χ0n) is 16.7. The molecule has 1 aromatic carbocycles. The summed E-state index contributed by atoms with van der Waals surface area (Å²) in [6.07, 6.45) is 5.10. The highest BCUT2D eigenvalue weighted by Gasteiger charge is 2.17. The van der Waals surface area contributed by atoms with E-state index in [-0.39, 0.29) is 24.7 Å². The SMILES string of the molecule is CCc1cccc(NC(=O)CCC(=O)NCCc2nc(C)c3c(n2)CCC3)c1. The molecule has 2 aromatic rings. The molecular formula is C22H28N4O2. The number of anilines is 1. The largest absolute Gasteiger partial charge is 0.356 e. The van der Waals surface area contributed by atoms with E-state index in [0.717, 1.165) is 48.6 Å². The number of carbonyl (C=O) groups is 2. The van der Waals surface area contributed by atoms with Crippen LogP contribution in [0.5, 0.6) is 0 Å². The van der Waals surface area contributed by atoms with Gasteiger partial charge in [-0.3, -0.25) is 9.59 Å². The van der Waals surface area contributed by atoms with Crippen LogP contribution >= 0.6 is 0 Å². The average molecular weight is 380 g/mol. The molecule has 1 aliphatic rings. The first-order chi connectivity index (χ1) is 13.5. The predicted octanol–water partition coefficient (Wildman–Crippen LogP) is 2.91. The molecule has 148 valence electrons. The van der Waals surface area contributed by atoms with Gasteiger partial charge in [-0.05, 0) is 55.9 Å². The zero-order chi connectivity index (χ0) is 19.9. The minimum absolute atomic E-state index is 0.129. The molecule has 6 heteroatoms. The van der Waals surface area contributed by atoms with Crippen molar-refractivity contribution in [3.05, 3.63) is 52.6 Å². The van der Waals surface area contributed by atoms with Crippen LogP contribution < -0.4 is 10.6 Å². The molecule has 3 rings (SSSR count). The number of aryl methyl sites for hydroxylation is 3. The smallest absolute Gasteiger partial charge is 0.224 e. The molecule has 28 heavy (non-hydrogen) atoms. The number of fused-ring (bicyclic) bond motifs is 1. The van der Waals surface area contributed by atoms with E-state index in [4.69, 9.17) is 0 Å². The summed E-state index contributed by atoms with van der Waals surface area (Å²) in [4.78, 5) is 33.2. The lowest BCUT2D eigenvalue weighted by molar-refractivity contribution is -0.124. The Kier molecular flexibility index (Phi) is 6.74. The Balaban J connectivity index is 1.39. The standard InChI is InChI=1S/C22H28N4O2/c1-3-16-6-4-7-17(14-16)25-22(28)11-10-21(27)23-13-12-20-24-15(2)18-8-5-9-19(18)26-20/h4,6-7,14H,3,5,8-13H2,1-2H3,(H,23,27)(H,25,28). The summed E-state index contributed by atoms with van der Waals surface area (Å²) in [7, 11) is 0. The highest BCUT2D eigenvalue weighted by molar-refractivity contribution is 5.93. The Morgan fingerprint density at radius 3 is 2.75 bits per heavy atom. The van der Waals surface area contributed by atoms with Gasteiger partial charge in [0.1, 0.15) is 5.82 Å². The lowest BCUT2D eigenvalue weighted by Gasteiger charge is -2.09. The van der Waals surface area contributed by atoms with Gasteiger partial charge in [0.25, 0.3) is 0 Å². The summed E-state index contributed by atoms with van der Waals surface area (Å²) in [5.41, 5.74) is 5.46. The van der Waals surface area contributed by atoms with Gasteiger partial charge in [0.2, 0.25) is 11.8 Å². The van der Waals surface area contributed by atoms with Crippen LogP contribution in [-0.4, -0.2) is 28.3 Å². The van der Waals surface area contributed by atoms with Crippen LogP contribution in [0, 0.1) is 6.92 Å². The van der Waals surface area contributed by atoms with E-state index < -0.39 is 0 Å². The molecule has 0 saturated carbocycles. The molecule has 0 radical (unpaired) electrons. The number of benzene rings is 1. The summed E-state index contributed by atoms with van der Waals surface area (Å²) in [5.74, 6) is 0.503. The fraction of sp³-hybridized carbons (Fsp3) is 0.455. The molecule has 2 N–H and O–H groups in total. The molecule has 1 aromatic heterocycles. The van der Waals surface area contributed by atoms with Crippen LogP contribution in [0.2, 0.25) is 0 Å². The van der Waals surface area contributed by atoms with E-state index in [1.54, 1.807) is 0 Å². The Hall–Kier alpha value is -2.76. The van der Waals surface area contributed by atoms with Gasteiger partial charge in [-0.15, -0.1) is 0 Å². The molecule has 6 nitrogen and oxygen atoms in total. The molecule has 0 bridgehead atoms. The van der Waals surface area contributed by atoms with E-state index in [2.05, 4.69) is 27.5 Å². The second kappa shape index (κ2) is 9.44. The maximum absolute atomic E-state index is 12.0. The molecule has 1 heterocycles. The van der Waals surface area contributed by atoms with Crippen molar-refractivity contribution in [1.29, 1.82) is 0 Å². The Labute approximate surface area is 166 Å². The summed E-state index contributed by atoms with van der Waals surface area (Å²) < 4.78 is 0. The molecule has 2 amide bonds. The topological polar surface area (TPSA) is 84.0 Å². The molecule has 0 fully saturated rings. The van der Waals surface area contributed by atoms with Crippen molar-refractivity contribution in [2.24, 2.45) is 0 Å². The number of hydrogen-bond donors (Lipinski definition) is 2. The number of nitrogens with zero attached hydrogens (tertiary/aromatic N) is 2. The van der Waals surface area contributed by atoms with E-state index in [0.29, 0.717) is 13.0 Å². The average Bonchev–Trinajstić information content (AvgIpc) is 3.16. The van der Waals surface area contributed by atoms with Gasteiger partial charge < -0.3 is 10.6 Å². The fourth-order valence-corrected chi connectivity index (χ4v) is 3.52. The Bertz CT molecular complexity index is 864. The number of aromatic nitrogens is 2. The lowest BCUT2D eigenvalue weighted by Crippen LogP contribution is -2.27. The minimum atomic E-state index is -0.152. The van der Waals surface area contributed by atoms with E-state index in [1.807, 2.05) is 31.2 Å². The molecular weight excluding hydrogens is 352 g/mol. The summed E-state index contributed by atoms with van der Waals surface area (Å²) in [6.45, 7) is 4.58. The Morgan fingerprint density at radius 2 is 1.93 bits per heavy atom. The van der Waals surface area contributed by atoms with Gasteiger partial charge in [-0.1, -0.05) is 19.1 Å². The van der Waals surface area contributed by atoms with Crippen molar-refractivity contribution in [1.82, 2.24) is 15.3 Å². The third-order valence-electron chi connectivity index (χ3n) is 5.06. The van der Waals surface area contributed by atoms with Crippen LogP contribution in [0.4, 0.5) is 5.69 Å². The van der Waals surface area contributed by atoms with Crippen molar-refractivity contribution in [2.75, 3.05) is 11.9 Å². The van der Waals surface area contributed by atoms with Gasteiger partial charge in [-0.25, -0.2) is 9.97 Å². The summed E-state index contributed by atoms with van der Waals surface area (Å²) in [6, 6.07) is 7.76. The van der Waals surface area contributed by atoms with Crippen molar-refractivity contribution in [3.8, 4) is 0 Å². The normalized spacial score (nSPS) is 12.5. The number of carbonyl (C=O) groups excluding carboxylic acids is 2. The monoisotopic (exact) mass is 380 g/mol. The quantitative estimate of drug-likeness (QED) is 0.737. The molecule has 0 saturated heterocycles. The number of hydrogen-bond acceptors (Lipinski definition) is 4. The minimum Gasteiger partial charge on any atom is -0.356 e. The van der Waals surface area contributed by atoms with E-state index in [9.17, 15) is 9.59 Å². The van der Waals surface area contributed by atoms with Crippen molar-refractivity contribution >= 4 is 17.5 Å². The molecule has 0 unspecified atom stereocenters. The predicted molar refractivity (Wildman–Crippen MR) is 109 cm³/mol. The van der Waals surface area contributed by atoms with Gasteiger partial charge in [0.15, 0.2) is 0 Å². The zero-order valence-corrected chi connectivity index (χ0v) is 16.7. The maximum Gasteiger partial charge on any atom is 0.224 e. The van der Waals surface area contributed by atoms with Crippen molar-refractivity contribution in [3.63, 3.8) is 0 Å². The first-order valence-electron chi connectivity index (χ1n) is 10.1. The third kappa shape index (κ3) is 5.38. The van der Waals surface area contributed by atoms with Crippen molar-refractivity contribution in [2.45, 2.75) is 58.8 Å². The van der Waals surface area contributed by atoms with Gasteiger partial charge in [0, 0.05) is 42.9 Å². The van der Waals surface area contributed by atoms with Crippen LogP contribution in [-0.2, 0) is 35.3 Å².